The van der Waals surface area contributed by atoms with E-state index in [1.807, 2.05) is 15.7 Å². The molecule has 39 heavy (non-hydrogen) atoms. The van der Waals surface area contributed by atoms with Gasteiger partial charge in [0.05, 0.1) is 0 Å². The third-order valence-corrected chi connectivity index (χ3v) is 18.6. The summed E-state index contributed by atoms with van der Waals surface area (Å²) in [6.45, 7) is 16.5. The molecule has 0 bridgehead atoms. The molecule has 0 N–H and O–H groups in total. The predicted molar refractivity (Wildman–Crippen MR) is 163 cm³/mol. The summed E-state index contributed by atoms with van der Waals surface area (Å²) >= 11 is -2.40. The van der Waals surface area contributed by atoms with E-state index in [1.54, 1.807) is 14.4 Å². The first-order chi connectivity index (χ1) is 18.5. The molecule has 3 aromatic rings. The second kappa shape index (κ2) is 10.1. The van der Waals surface area contributed by atoms with Gasteiger partial charge in [-0.3, -0.25) is 0 Å². The number of furan rings is 1. The first kappa shape index (κ1) is 27.1. The van der Waals surface area contributed by atoms with Crippen molar-refractivity contribution in [3.63, 3.8) is 0 Å². The zero-order chi connectivity index (χ0) is 27.5. The minimum absolute atomic E-state index is 0.134. The van der Waals surface area contributed by atoms with E-state index in [1.165, 1.54) is 65.5 Å². The van der Waals surface area contributed by atoms with Crippen molar-refractivity contribution < 1.29 is 25.7 Å². The SMILES string of the molecule is CC1C=CC(c2ccoc2)=[C]1[Zr](=[C]1CCCCC1)[CH]1c2ccc(C(C)(C)C)cc2-c2cc(C(C)(C)C)ccc21. The van der Waals surface area contributed by atoms with Crippen LogP contribution in [0.4, 0.5) is 0 Å². The van der Waals surface area contributed by atoms with Crippen molar-refractivity contribution in [2.45, 2.75) is 95.0 Å². The molecule has 0 amide bonds. The summed E-state index contributed by atoms with van der Waals surface area (Å²) in [5.41, 5.74) is 12.1. The summed E-state index contributed by atoms with van der Waals surface area (Å²) in [6.07, 6.45) is 15.5. The molecule has 3 aliphatic carbocycles. The molecule has 0 saturated heterocycles. The molecular formula is C37H44OZr. The van der Waals surface area contributed by atoms with Gasteiger partial charge in [0.25, 0.3) is 0 Å². The van der Waals surface area contributed by atoms with Crippen LogP contribution in [-0.4, -0.2) is 3.21 Å². The third kappa shape index (κ3) is 4.90. The van der Waals surface area contributed by atoms with Gasteiger partial charge in [0.1, 0.15) is 0 Å². The van der Waals surface area contributed by atoms with Crippen molar-refractivity contribution in [3.05, 3.63) is 98.2 Å². The number of fused-ring (bicyclic) bond motifs is 3. The van der Waals surface area contributed by atoms with Crippen LogP contribution in [0.2, 0.25) is 0 Å². The Kier molecular flexibility index (Phi) is 7.03. The number of rotatable bonds is 3. The molecule has 3 aliphatic rings. The molecule has 1 heterocycles. The van der Waals surface area contributed by atoms with Gasteiger partial charge in [0.2, 0.25) is 0 Å². The molecule has 1 atom stereocenters. The van der Waals surface area contributed by atoms with Crippen LogP contribution >= 0.6 is 0 Å². The van der Waals surface area contributed by atoms with Gasteiger partial charge in [0.15, 0.2) is 0 Å². The van der Waals surface area contributed by atoms with E-state index >= 15 is 0 Å². The maximum atomic E-state index is 5.61. The fourth-order valence-corrected chi connectivity index (χ4v) is 17.4. The van der Waals surface area contributed by atoms with Gasteiger partial charge >= 0.3 is 245 Å². The fourth-order valence-electron chi connectivity index (χ4n) is 7.02. The van der Waals surface area contributed by atoms with Gasteiger partial charge in [-0.2, -0.15) is 0 Å². The average Bonchev–Trinajstić information content (AvgIpc) is 3.63. The molecule has 1 aromatic heterocycles. The van der Waals surface area contributed by atoms with Crippen LogP contribution in [0.15, 0.2) is 74.8 Å². The molecule has 1 fully saturated rings. The fraction of sp³-hybridized carbons (Fsp3) is 0.432. The standard InChI is InChI=1S/C21H25.C10H9O.C6H10.Zr/c1-20(2,3)16-9-7-14-11-15-8-10-17(21(4,5)6)13-19(15)18(14)12-16;1-8-2-3-9(6-8)10-4-5-11-7-10;1-2-4-6-5-3-1;/h7-13H,1-6H3;2-5,7-8H,1H3;1-5H2;. The van der Waals surface area contributed by atoms with Crippen LogP contribution in [0.1, 0.15) is 112 Å². The van der Waals surface area contributed by atoms with Crippen LogP contribution in [0.3, 0.4) is 0 Å². The van der Waals surface area contributed by atoms with Crippen LogP contribution in [0, 0.1) is 5.92 Å². The summed E-state index contributed by atoms with van der Waals surface area (Å²) in [4.78, 5) is 0. The second-order valence-corrected chi connectivity index (χ2v) is 20.6. The van der Waals surface area contributed by atoms with Crippen molar-refractivity contribution >= 4 is 8.78 Å². The molecule has 0 radical (unpaired) electrons. The molecule has 1 nitrogen and oxygen atoms in total. The molecule has 0 spiro atoms. The van der Waals surface area contributed by atoms with Gasteiger partial charge in [-0.15, -0.1) is 0 Å². The zero-order valence-corrected chi connectivity index (χ0v) is 27.4. The molecule has 2 heteroatoms. The molecule has 202 valence electrons. The Morgan fingerprint density at radius 2 is 1.36 bits per heavy atom. The number of benzene rings is 2. The summed E-state index contributed by atoms with van der Waals surface area (Å²) < 4.78 is 9.91. The van der Waals surface area contributed by atoms with E-state index < -0.39 is 21.3 Å². The summed E-state index contributed by atoms with van der Waals surface area (Å²) in [5.74, 6) is 0.508. The maximum absolute atomic E-state index is 5.61. The molecular weight excluding hydrogens is 552 g/mol. The Morgan fingerprint density at radius 3 is 1.87 bits per heavy atom. The van der Waals surface area contributed by atoms with E-state index in [-0.39, 0.29) is 10.8 Å². The predicted octanol–water partition coefficient (Wildman–Crippen LogP) is 10.3. The van der Waals surface area contributed by atoms with Crippen LogP contribution in [0.25, 0.3) is 16.7 Å². The van der Waals surface area contributed by atoms with E-state index in [2.05, 4.69) is 103 Å². The Hall–Kier alpha value is -2.05. The Balaban J connectivity index is 1.64. The molecule has 1 saturated carbocycles. The summed E-state index contributed by atoms with van der Waals surface area (Å²) in [7, 11) is 0. The van der Waals surface area contributed by atoms with Crippen LogP contribution in [-0.2, 0) is 32.1 Å². The van der Waals surface area contributed by atoms with Gasteiger partial charge in [-0.25, -0.2) is 0 Å². The Bertz CT molecular complexity index is 1430. The van der Waals surface area contributed by atoms with Crippen molar-refractivity contribution in [3.8, 4) is 11.1 Å². The van der Waals surface area contributed by atoms with E-state index in [0.717, 1.165) is 0 Å². The molecule has 0 aliphatic heterocycles. The Labute approximate surface area is 243 Å². The van der Waals surface area contributed by atoms with Crippen molar-refractivity contribution in [2.75, 3.05) is 0 Å². The quantitative estimate of drug-likeness (QED) is 0.294. The van der Waals surface area contributed by atoms with E-state index in [9.17, 15) is 0 Å². The number of allylic oxidation sites excluding steroid dienone is 4. The van der Waals surface area contributed by atoms with Crippen LogP contribution < -0.4 is 0 Å². The monoisotopic (exact) mass is 594 g/mol. The normalized spacial score (nSPS) is 19.6. The minimum atomic E-state index is -2.40. The zero-order valence-electron chi connectivity index (χ0n) is 24.9. The summed E-state index contributed by atoms with van der Waals surface area (Å²) in [6, 6.07) is 17.2. The van der Waals surface area contributed by atoms with Crippen molar-refractivity contribution in [2.24, 2.45) is 5.92 Å². The topological polar surface area (TPSA) is 13.1 Å². The van der Waals surface area contributed by atoms with Gasteiger partial charge in [0, 0.05) is 0 Å². The molecule has 6 rings (SSSR count). The van der Waals surface area contributed by atoms with Gasteiger partial charge in [-0.1, -0.05) is 0 Å². The van der Waals surface area contributed by atoms with Crippen molar-refractivity contribution in [1.29, 1.82) is 0 Å². The number of hydrogen-bond acceptors (Lipinski definition) is 1. The van der Waals surface area contributed by atoms with Gasteiger partial charge in [-0.05, 0) is 0 Å². The molecule has 1 unspecified atom stereocenters. The van der Waals surface area contributed by atoms with Crippen LogP contribution in [0.5, 0.6) is 0 Å². The first-order valence-electron chi connectivity index (χ1n) is 15.0. The average molecular weight is 596 g/mol. The number of hydrogen-bond donors (Lipinski definition) is 0. The molecule has 2 aromatic carbocycles. The van der Waals surface area contributed by atoms with E-state index in [4.69, 9.17) is 4.42 Å². The van der Waals surface area contributed by atoms with E-state index in [0.29, 0.717) is 9.54 Å². The van der Waals surface area contributed by atoms with Gasteiger partial charge < -0.3 is 0 Å². The Morgan fingerprint density at radius 1 is 0.769 bits per heavy atom. The summed E-state index contributed by atoms with van der Waals surface area (Å²) in [5, 5.41) is 0. The first-order valence-corrected chi connectivity index (χ1v) is 18.9. The van der Waals surface area contributed by atoms with Crippen molar-refractivity contribution in [1.82, 2.24) is 0 Å². The third-order valence-electron chi connectivity index (χ3n) is 9.30. The second-order valence-electron chi connectivity index (χ2n) is 14.1.